The highest BCUT2D eigenvalue weighted by molar-refractivity contribution is 5.98. The van der Waals surface area contributed by atoms with Gasteiger partial charge in [0.1, 0.15) is 5.82 Å². The summed E-state index contributed by atoms with van der Waals surface area (Å²) in [6.45, 7) is 1.24. The molecule has 2 aromatic heterocycles. The van der Waals surface area contributed by atoms with Gasteiger partial charge in [0.25, 0.3) is 0 Å². The van der Waals surface area contributed by atoms with Gasteiger partial charge in [-0.3, -0.25) is 9.67 Å². The third-order valence-electron chi connectivity index (χ3n) is 4.40. The summed E-state index contributed by atoms with van der Waals surface area (Å²) in [5.74, 6) is -0.402. The Morgan fingerprint density at radius 1 is 1.42 bits per heavy atom. The number of benzene rings is 1. The second-order valence-electron chi connectivity index (χ2n) is 6.01. The summed E-state index contributed by atoms with van der Waals surface area (Å²) in [4.78, 5) is 16.0. The molecule has 0 spiro atoms. The lowest BCUT2D eigenvalue weighted by atomic mass is 10.2. The minimum absolute atomic E-state index is 0.0903. The molecule has 3 aromatic rings. The van der Waals surface area contributed by atoms with Crippen LogP contribution in [-0.4, -0.2) is 41.1 Å². The summed E-state index contributed by atoms with van der Waals surface area (Å²) < 4.78 is 25.9. The summed E-state index contributed by atoms with van der Waals surface area (Å²) >= 11 is 0. The number of pyridine rings is 1. The Morgan fingerprint density at radius 2 is 2.31 bits per heavy atom. The third kappa shape index (κ3) is 2.88. The van der Waals surface area contributed by atoms with Crippen molar-refractivity contribution in [3.63, 3.8) is 0 Å². The van der Waals surface area contributed by atoms with Gasteiger partial charge in [-0.15, -0.1) is 0 Å². The predicted molar refractivity (Wildman–Crippen MR) is 93.0 cm³/mol. The van der Waals surface area contributed by atoms with Crippen LogP contribution in [0.4, 0.5) is 15.9 Å². The number of nitrogens with zero attached hydrogens (tertiary/aromatic N) is 3. The maximum absolute atomic E-state index is 13.8. The van der Waals surface area contributed by atoms with Crippen molar-refractivity contribution in [3.05, 3.63) is 48.0 Å². The van der Waals surface area contributed by atoms with E-state index < -0.39 is 5.97 Å². The zero-order chi connectivity index (χ0) is 18.1. The van der Waals surface area contributed by atoms with Crippen molar-refractivity contribution in [1.82, 2.24) is 14.8 Å². The molecule has 7 nitrogen and oxygen atoms in total. The van der Waals surface area contributed by atoms with Gasteiger partial charge in [-0.05, 0) is 30.7 Å². The van der Waals surface area contributed by atoms with E-state index in [0.29, 0.717) is 35.7 Å². The molecule has 0 saturated carbocycles. The van der Waals surface area contributed by atoms with E-state index in [1.165, 1.54) is 31.6 Å². The molecule has 26 heavy (non-hydrogen) atoms. The van der Waals surface area contributed by atoms with Crippen LogP contribution in [0.25, 0.3) is 10.9 Å². The lowest BCUT2D eigenvalue weighted by molar-refractivity contribution is 0.0602. The SMILES string of the molecule is COC(=O)c1ccncc1Nc1nn(C2CCOC2)c2ccc(F)cc12. The van der Waals surface area contributed by atoms with Crippen LogP contribution in [0.2, 0.25) is 0 Å². The molecule has 1 fully saturated rings. The van der Waals surface area contributed by atoms with E-state index in [1.54, 1.807) is 12.1 Å². The average Bonchev–Trinajstić information content (AvgIpc) is 3.30. The highest BCUT2D eigenvalue weighted by atomic mass is 19.1. The van der Waals surface area contributed by atoms with Crippen molar-refractivity contribution < 1.29 is 18.7 Å². The first-order valence-electron chi connectivity index (χ1n) is 8.22. The number of rotatable bonds is 4. The number of ether oxygens (including phenoxy) is 2. The number of aromatic nitrogens is 3. The van der Waals surface area contributed by atoms with Crippen LogP contribution in [0.15, 0.2) is 36.7 Å². The number of fused-ring (bicyclic) bond motifs is 1. The minimum atomic E-state index is -0.492. The number of hydrogen-bond acceptors (Lipinski definition) is 6. The Balaban J connectivity index is 1.80. The van der Waals surface area contributed by atoms with Crippen LogP contribution in [0, 0.1) is 5.82 Å². The summed E-state index contributed by atoms with van der Waals surface area (Å²) in [5.41, 5.74) is 1.57. The molecule has 3 heterocycles. The molecule has 1 aromatic carbocycles. The zero-order valence-corrected chi connectivity index (χ0v) is 14.1. The van der Waals surface area contributed by atoms with Crippen LogP contribution < -0.4 is 5.32 Å². The standard InChI is InChI=1S/C18H17FN4O3/c1-25-18(24)13-4-6-20-9-15(13)21-17-14-8-11(19)2-3-16(14)23(22-17)12-5-7-26-10-12/h2-4,6,8-9,12H,5,7,10H2,1H3,(H,21,22). The van der Waals surface area contributed by atoms with Gasteiger partial charge in [0.05, 0.1) is 42.7 Å². The smallest absolute Gasteiger partial charge is 0.340 e. The highest BCUT2D eigenvalue weighted by Crippen LogP contribution is 2.32. The molecular formula is C18H17FN4O3. The molecule has 0 amide bonds. The third-order valence-corrected chi connectivity index (χ3v) is 4.40. The van der Waals surface area contributed by atoms with Gasteiger partial charge in [-0.1, -0.05) is 0 Å². The average molecular weight is 356 g/mol. The lowest BCUT2D eigenvalue weighted by Crippen LogP contribution is -2.11. The number of nitrogens with one attached hydrogen (secondary N) is 1. The molecule has 8 heteroatoms. The predicted octanol–water partition coefficient (Wildman–Crippen LogP) is 3.06. The van der Waals surface area contributed by atoms with Gasteiger partial charge < -0.3 is 14.8 Å². The van der Waals surface area contributed by atoms with Crippen molar-refractivity contribution in [1.29, 1.82) is 0 Å². The molecular weight excluding hydrogens is 339 g/mol. The number of carbonyl (C=O) groups excluding carboxylic acids is 1. The monoisotopic (exact) mass is 356 g/mol. The van der Waals surface area contributed by atoms with E-state index in [4.69, 9.17) is 9.47 Å². The van der Waals surface area contributed by atoms with E-state index in [9.17, 15) is 9.18 Å². The fourth-order valence-corrected chi connectivity index (χ4v) is 3.11. The molecule has 4 rings (SSSR count). The number of anilines is 2. The lowest BCUT2D eigenvalue weighted by Gasteiger charge is -2.10. The van der Waals surface area contributed by atoms with Crippen molar-refractivity contribution in [3.8, 4) is 0 Å². The second kappa shape index (κ2) is 6.72. The molecule has 0 radical (unpaired) electrons. The van der Waals surface area contributed by atoms with Crippen LogP contribution in [0.5, 0.6) is 0 Å². The Bertz CT molecular complexity index is 966. The second-order valence-corrected chi connectivity index (χ2v) is 6.01. The van der Waals surface area contributed by atoms with Gasteiger partial charge in [0.15, 0.2) is 5.82 Å². The Hall–Kier alpha value is -3.00. The summed E-state index contributed by atoms with van der Waals surface area (Å²) in [6.07, 6.45) is 3.85. The zero-order valence-electron chi connectivity index (χ0n) is 14.1. The van der Waals surface area contributed by atoms with Crippen molar-refractivity contribution in [2.75, 3.05) is 25.6 Å². The van der Waals surface area contributed by atoms with Crippen molar-refractivity contribution in [2.45, 2.75) is 12.5 Å². The molecule has 1 N–H and O–H groups in total. The Kier molecular flexibility index (Phi) is 4.26. The first kappa shape index (κ1) is 16.5. The fourth-order valence-electron chi connectivity index (χ4n) is 3.11. The number of methoxy groups -OCH3 is 1. The molecule has 1 unspecified atom stereocenters. The van der Waals surface area contributed by atoms with Gasteiger partial charge >= 0.3 is 5.97 Å². The van der Waals surface area contributed by atoms with Crippen LogP contribution in [0.1, 0.15) is 22.8 Å². The molecule has 0 aliphatic carbocycles. The van der Waals surface area contributed by atoms with Crippen molar-refractivity contribution in [2.24, 2.45) is 0 Å². The normalized spacial score (nSPS) is 16.8. The topological polar surface area (TPSA) is 78.3 Å². The van der Waals surface area contributed by atoms with E-state index >= 15 is 0 Å². The Morgan fingerprint density at radius 3 is 3.08 bits per heavy atom. The van der Waals surface area contributed by atoms with Gasteiger partial charge in [-0.25, -0.2) is 9.18 Å². The Labute approximate surface area is 148 Å². The van der Waals surface area contributed by atoms with Crippen molar-refractivity contribution >= 4 is 28.4 Å². The minimum Gasteiger partial charge on any atom is -0.465 e. The van der Waals surface area contributed by atoms with E-state index in [1.807, 2.05) is 4.68 Å². The summed E-state index contributed by atoms with van der Waals surface area (Å²) in [7, 11) is 1.31. The molecule has 1 aliphatic rings. The molecule has 1 saturated heterocycles. The fraction of sp³-hybridized carbons (Fsp3) is 0.278. The van der Waals surface area contributed by atoms with Crippen LogP contribution in [0.3, 0.4) is 0 Å². The van der Waals surface area contributed by atoms with Gasteiger partial charge in [-0.2, -0.15) is 5.10 Å². The van der Waals surface area contributed by atoms with Gasteiger partial charge in [0, 0.05) is 18.2 Å². The molecule has 0 bridgehead atoms. The number of esters is 1. The number of halogens is 1. The maximum atomic E-state index is 13.8. The maximum Gasteiger partial charge on any atom is 0.340 e. The first-order valence-corrected chi connectivity index (χ1v) is 8.22. The quantitative estimate of drug-likeness (QED) is 0.724. The molecule has 134 valence electrons. The van der Waals surface area contributed by atoms with Crippen LogP contribution in [-0.2, 0) is 9.47 Å². The highest BCUT2D eigenvalue weighted by Gasteiger charge is 2.23. The van der Waals surface area contributed by atoms with E-state index in [-0.39, 0.29) is 11.9 Å². The molecule has 1 atom stereocenters. The first-order chi connectivity index (χ1) is 12.7. The summed E-state index contributed by atoms with van der Waals surface area (Å²) in [5, 5.41) is 8.33. The number of carbonyl (C=O) groups is 1. The van der Waals surface area contributed by atoms with E-state index in [0.717, 1.165) is 11.9 Å². The van der Waals surface area contributed by atoms with E-state index in [2.05, 4.69) is 15.4 Å². The largest absolute Gasteiger partial charge is 0.465 e. The molecule has 1 aliphatic heterocycles. The summed E-state index contributed by atoms with van der Waals surface area (Å²) in [6, 6.07) is 6.17. The number of hydrogen-bond donors (Lipinski definition) is 1. The van der Waals surface area contributed by atoms with Crippen LogP contribution >= 0.6 is 0 Å². The van der Waals surface area contributed by atoms with Gasteiger partial charge in [0.2, 0.25) is 0 Å².